The maximum atomic E-state index is 13.6. The van der Waals surface area contributed by atoms with E-state index < -0.39 is 6.43 Å². The standard InChI is InChI=1S/C18H19F2N3O2/c1-5-23-18-16(10(2)22-23)12(17(19)20)9-13(21-18)11-6-7-14(24-3)15(8-11)25-4/h6-9,17H,5H2,1-4H3. The highest BCUT2D eigenvalue weighted by molar-refractivity contribution is 5.85. The van der Waals surface area contributed by atoms with Crippen LogP contribution in [0.2, 0.25) is 0 Å². The van der Waals surface area contributed by atoms with Crippen LogP contribution >= 0.6 is 0 Å². The number of aromatic nitrogens is 3. The summed E-state index contributed by atoms with van der Waals surface area (Å²) >= 11 is 0. The van der Waals surface area contributed by atoms with Gasteiger partial charge in [0.15, 0.2) is 17.1 Å². The molecule has 0 spiro atoms. The average Bonchev–Trinajstić information content (AvgIpc) is 2.96. The lowest BCUT2D eigenvalue weighted by molar-refractivity contribution is 0.153. The summed E-state index contributed by atoms with van der Waals surface area (Å²) in [5, 5.41) is 4.74. The molecule has 0 fully saturated rings. The first-order valence-electron chi connectivity index (χ1n) is 7.88. The number of halogens is 2. The van der Waals surface area contributed by atoms with E-state index >= 15 is 0 Å². The Labute approximate surface area is 144 Å². The van der Waals surface area contributed by atoms with Crippen molar-refractivity contribution in [2.45, 2.75) is 26.8 Å². The molecule has 0 N–H and O–H groups in total. The van der Waals surface area contributed by atoms with Crippen LogP contribution in [0.4, 0.5) is 8.78 Å². The number of alkyl halides is 2. The van der Waals surface area contributed by atoms with E-state index in [1.165, 1.54) is 13.2 Å². The predicted molar refractivity (Wildman–Crippen MR) is 91.4 cm³/mol. The van der Waals surface area contributed by atoms with Crippen LogP contribution in [0.5, 0.6) is 11.5 Å². The van der Waals surface area contributed by atoms with Gasteiger partial charge in [0.05, 0.1) is 31.0 Å². The smallest absolute Gasteiger partial charge is 0.264 e. The quantitative estimate of drug-likeness (QED) is 0.687. The Morgan fingerprint density at radius 3 is 2.44 bits per heavy atom. The van der Waals surface area contributed by atoms with Crippen molar-refractivity contribution in [1.82, 2.24) is 14.8 Å². The third-order valence-corrected chi connectivity index (χ3v) is 4.12. The Bertz CT molecular complexity index is 922. The zero-order valence-corrected chi connectivity index (χ0v) is 14.5. The summed E-state index contributed by atoms with van der Waals surface area (Å²) < 4.78 is 39.4. The van der Waals surface area contributed by atoms with Gasteiger partial charge in [-0.05, 0) is 38.1 Å². The molecular weight excluding hydrogens is 328 g/mol. The van der Waals surface area contributed by atoms with Crippen LogP contribution in [-0.4, -0.2) is 29.0 Å². The summed E-state index contributed by atoms with van der Waals surface area (Å²) in [4.78, 5) is 4.58. The third-order valence-electron chi connectivity index (χ3n) is 4.12. The maximum Gasteiger partial charge on any atom is 0.264 e. The zero-order valence-electron chi connectivity index (χ0n) is 14.5. The minimum absolute atomic E-state index is 0.0630. The lowest BCUT2D eigenvalue weighted by atomic mass is 10.1. The molecule has 3 aromatic rings. The first kappa shape index (κ1) is 17.1. The molecule has 0 aliphatic heterocycles. The third kappa shape index (κ3) is 2.90. The van der Waals surface area contributed by atoms with Crippen molar-refractivity contribution < 1.29 is 18.3 Å². The van der Waals surface area contributed by atoms with Gasteiger partial charge >= 0.3 is 0 Å². The molecule has 7 heteroatoms. The van der Waals surface area contributed by atoms with Gasteiger partial charge in [-0.3, -0.25) is 0 Å². The van der Waals surface area contributed by atoms with Crippen molar-refractivity contribution in [2.24, 2.45) is 0 Å². The van der Waals surface area contributed by atoms with Crippen LogP contribution < -0.4 is 9.47 Å². The Balaban J connectivity index is 2.27. The van der Waals surface area contributed by atoms with E-state index in [2.05, 4.69) is 10.1 Å². The lowest BCUT2D eigenvalue weighted by Crippen LogP contribution is -2.00. The van der Waals surface area contributed by atoms with Gasteiger partial charge < -0.3 is 9.47 Å². The molecule has 0 atom stereocenters. The van der Waals surface area contributed by atoms with E-state index in [1.807, 2.05) is 6.92 Å². The fraction of sp³-hybridized carbons (Fsp3) is 0.333. The van der Waals surface area contributed by atoms with Gasteiger partial charge in [-0.15, -0.1) is 0 Å². The number of methoxy groups -OCH3 is 2. The molecule has 132 valence electrons. The number of aryl methyl sites for hydroxylation is 2. The van der Waals surface area contributed by atoms with Gasteiger partial charge in [0.2, 0.25) is 0 Å². The molecule has 0 amide bonds. The van der Waals surface area contributed by atoms with E-state index in [0.29, 0.717) is 46.0 Å². The highest BCUT2D eigenvalue weighted by atomic mass is 19.3. The first-order valence-corrected chi connectivity index (χ1v) is 7.88. The Morgan fingerprint density at radius 1 is 1.12 bits per heavy atom. The van der Waals surface area contributed by atoms with Gasteiger partial charge in [-0.25, -0.2) is 18.4 Å². The van der Waals surface area contributed by atoms with Crippen molar-refractivity contribution in [3.63, 3.8) is 0 Å². The molecule has 0 aliphatic rings. The molecule has 0 radical (unpaired) electrons. The van der Waals surface area contributed by atoms with Crippen molar-refractivity contribution in [3.8, 4) is 22.8 Å². The monoisotopic (exact) mass is 347 g/mol. The van der Waals surface area contributed by atoms with Gasteiger partial charge in [0.25, 0.3) is 6.43 Å². The minimum Gasteiger partial charge on any atom is -0.493 e. The number of benzene rings is 1. The summed E-state index contributed by atoms with van der Waals surface area (Å²) in [6.45, 7) is 4.17. The van der Waals surface area contributed by atoms with Gasteiger partial charge in [-0.1, -0.05) is 0 Å². The van der Waals surface area contributed by atoms with E-state index in [4.69, 9.17) is 9.47 Å². The fourth-order valence-corrected chi connectivity index (χ4v) is 2.92. The molecule has 25 heavy (non-hydrogen) atoms. The number of hydrogen-bond donors (Lipinski definition) is 0. The highest BCUT2D eigenvalue weighted by Gasteiger charge is 2.21. The molecule has 3 rings (SSSR count). The van der Waals surface area contributed by atoms with E-state index in [-0.39, 0.29) is 5.56 Å². The number of ether oxygens (including phenoxy) is 2. The number of fused-ring (bicyclic) bond motifs is 1. The van der Waals surface area contributed by atoms with Gasteiger partial charge in [0, 0.05) is 17.7 Å². The summed E-state index contributed by atoms with van der Waals surface area (Å²) in [5.74, 6) is 1.08. The van der Waals surface area contributed by atoms with Crippen LogP contribution in [0.3, 0.4) is 0 Å². The Morgan fingerprint density at radius 2 is 1.84 bits per heavy atom. The van der Waals surface area contributed by atoms with Crippen molar-refractivity contribution in [3.05, 3.63) is 35.5 Å². The number of hydrogen-bond acceptors (Lipinski definition) is 4. The van der Waals surface area contributed by atoms with Crippen molar-refractivity contribution >= 4 is 11.0 Å². The second-order valence-corrected chi connectivity index (χ2v) is 5.57. The molecule has 0 bridgehead atoms. The SMILES string of the molecule is CCn1nc(C)c2c(C(F)F)cc(-c3ccc(OC)c(OC)c3)nc21. The predicted octanol–water partition coefficient (Wildman–Crippen LogP) is 4.38. The van der Waals surface area contributed by atoms with Gasteiger partial charge in [0.1, 0.15) is 0 Å². The molecule has 5 nitrogen and oxygen atoms in total. The second-order valence-electron chi connectivity index (χ2n) is 5.57. The Kier molecular flexibility index (Phi) is 4.57. The van der Waals surface area contributed by atoms with Crippen LogP contribution in [-0.2, 0) is 6.54 Å². The number of pyridine rings is 1. The fourth-order valence-electron chi connectivity index (χ4n) is 2.92. The summed E-state index contributed by atoms with van der Waals surface area (Å²) in [6.07, 6.45) is -2.61. The molecule has 0 saturated carbocycles. The number of rotatable bonds is 5. The first-order chi connectivity index (χ1) is 12.0. The molecule has 2 heterocycles. The Hall–Kier alpha value is -2.70. The molecule has 0 unspecified atom stereocenters. The summed E-state index contributed by atoms with van der Waals surface area (Å²) in [6, 6.07) is 6.64. The molecule has 1 aromatic carbocycles. The maximum absolute atomic E-state index is 13.6. The average molecular weight is 347 g/mol. The summed E-state index contributed by atoms with van der Waals surface area (Å²) in [7, 11) is 3.07. The molecule has 2 aromatic heterocycles. The zero-order chi connectivity index (χ0) is 18.1. The van der Waals surface area contributed by atoms with Crippen LogP contribution in [0, 0.1) is 6.92 Å². The normalized spacial score (nSPS) is 11.3. The summed E-state index contributed by atoms with van der Waals surface area (Å²) in [5.41, 5.74) is 2.06. The minimum atomic E-state index is -2.61. The molecule has 0 aliphatic carbocycles. The molecule has 0 saturated heterocycles. The second kappa shape index (κ2) is 6.66. The van der Waals surface area contributed by atoms with E-state index in [9.17, 15) is 8.78 Å². The van der Waals surface area contributed by atoms with Crippen molar-refractivity contribution in [1.29, 1.82) is 0 Å². The lowest BCUT2D eigenvalue weighted by Gasteiger charge is -2.11. The van der Waals surface area contributed by atoms with Crippen LogP contribution in [0.1, 0.15) is 24.6 Å². The van der Waals surface area contributed by atoms with Gasteiger partial charge in [-0.2, -0.15) is 5.10 Å². The van der Waals surface area contributed by atoms with Crippen LogP contribution in [0.15, 0.2) is 24.3 Å². The van der Waals surface area contributed by atoms with Crippen molar-refractivity contribution in [2.75, 3.05) is 14.2 Å². The number of nitrogens with zero attached hydrogens (tertiary/aromatic N) is 3. The molecular formula is C18H19F2N3O2. The largest absolute Gasteiger partial charge is 0.493 e. The highest BCUT2D eigenvalue weighted by Crippen LogP contribution is 2.36. The van der Waals surface area contributed by atoms with E-state index in [1.54, 1.807) is 36.9 Å². The van der Waals surface area contributed by atoms with E-state index in [0.717, 1.165) is 0 Å². The topological polar surface area (TPSA) is 49.2 Å². The van der Waals surface area contributed by atoms with Crippen LogP contribution in [0.25, 0.3) is 22.3 Å².